The van der Waals surface area contributed by atoms with Crippen molar-refractivity contribution in [2.45, 2.75) is 13.0 Å². The number of rotatable bonds is 6. The molecule has 28 heavy (non-hydrogen) atoms. The molecule has 2 rings (SSSR count). The Labute approximate surface area is 175 Å². The number of phenolic OH excluding ortho intramolecular Hbond substituents is 1. The number of imide groups is 1. The molecule has 0 aliphatic rings. The molecule has 8 heteroatoms. The molecule has 2 aromatic rings. The van der Waals surface area contributed by atoms with E-state index in [1.165, 1.54) is 12.1 Å². The first-order chi connectivity index (χ1) is 13.3. The van der Waals surface area contributed by atoms with Gasteiger partial charge in [-0.05, 0) is 52.9 Å². The van der Waals surface area contributed by atoms with Crippen molar-refractivity contribution < 1.29 is 29.3 Å². The lowest BCUT2D eigenvalue weighted by atomic mass is 9.96. The summed E-state index contributed by atoms with van der Waals surface area (Å²) >= 11 is 2.04. The molecule has 0 fully saturated rings. The number of aromatic hydroxyl groups is 1. The first-order valence-electron chi connectivity index (χ1n) is 8.24. The van der Waals surface area contributed by atoms with Gasteiger partial charge in [0.15, 0.2) is 0 Å². The predicted octanol–water partition coefficient (Wildman–Crippen LogP) is 3.88. The fourth-order valence-electron chi connectivity index (χ4n) is 2.44. The van der Waals surface area contributed by atoms with Crippen LogP contribution in [0.4, 0.5) is 4.79 Å². The average Bonchev–Trinajstić information content (AvgIpc) is 2.67. The van der Waals surface area contributed by atoms with E-state index in [4.69, 9.17) is 9.84 Å². The van der Waals surface area contributed by atoms with Crippen molar-refractivity contribution in [3.8, 4) is 5.75 Å². The number of benzene rings is 2. The molecule has 0 heterocycles. The van der Waals surface area contributed by atoms with Crippen LogP contribution in [-0.2, 0) is 9.53 Å². The SMILES string of the molecule is C[C@H](/C=C/C(=O)O)[C@H](OC(=O)NC(=O)c1ccccc1)c1cc(I)ccc1O. The fraction of sp³-hybridized carbons (Fsp3) is 0.150. The molecule has 0 aliphatic carbocycles. The monoisotopic (exact) mass is 495 g/mol. The molecule has 2 aromatic carbocycles. The summed E-state index contributed by atoms with van der Waals surface area (Å²) in [6.07, 6.45) is 0.263. The van der Waals surface area contributed by atoms with E-state index < -0.39 is 30.0 Å². The Hall–Kier alpha value is -2.88. The lowest BCUT2D eigenvalue weighted by Crippen LogP contribution is -2.33. The van der Waals surface area contributed by atoms with Crippen LogP contribution in [-0.4, -0.2) is 28.2 Å². The maximum Gasteiger partial charge on any atom is 0.414 e. The molecule has 0 radical (unpaired) electrons. The van der Waals surface area contributed by atoms with Gasteiger partial charge in [-0.25, -0.2) is 9.59 Å². The van der Waals surface area contributed by atoms with E-state index in [2.05, 4.69) is 5.32 Å². The highest BCUT2D eigenvalue weighted by atomic mass is 127. The van der Waals surface area contributed by atoms with Crippen LogP contribution in [0.25, 0.3) is 0 Å². The highest BCUT2D eigenvalue weighted by Crippen LogP contribution is 2.34. The molecule has 2 amide bonds. The van der Waals surface area contributed by atoms with E-state index in [0.29, 0.717) is 5.56 Å². The van der Waals surface area contributed by atoms with Gasteiger partial charge in [0.2, 0.25) is 0 Å². The first kappa shape index (κ1) is 21.4. The highest BCUT2D eigenvalue weighted by Gasteiger charge is 2.26. The van der Waals surface area contributed by atoms with Gasteiger partial charge in [-0.2, -0.15) is 0 Å². The molecule has 3 N–H and O–H groups in total. The Morgan fingerprint density at radius 3 is 2.46 bits per heavy atom. The molecule has 0 bridgehead atoms. The normalized spacial score (nSPS) is 12.9. The topological polar surface area (TPSA) is 113 Å². The Balaban J connectivity index is 2.23. The van der Waals surface area contributed by atoms with E-state index in [1.807, 2.05) is 22.6 Å². The number of carbonyl (C=O) groups is 3. The molecule has 0 aromatic heterocycles. The van der Waals surface area contributed by atoms with Crippen molar-refractivity contribution >= 4 is 40.6 Å². The molecule has 2 atom stereocenters. The van der Waals surface area contributed by atoms with E-state index in [9.17, 15) is 19.5 Å². The molecular weight excluding hydrogens is 477 g/mol. The summed E-state index contributed by atoms with van der Waals surface area (Å²) in [6.45, 7) is 1.63. The summed E-state index contributed by atoms with van der Waals surface area (Å²) in [4.78, 5) is 35.2. The number of nitrogens with one attached hydrogen (secondary N) is 1. The van der Waals surface area contributed by atoms with Crippen LogP contribution < -0.4 is 5.32 Å². The molecule has 0 saturated carbocycles. The van der Waals surface area contributed by atoms with Gasteiger partial charge in [-0.1, -0.05) is 31.2 Å². The zero-order chi connectivity index (χ0) is 20.7. The number of carboxylic acid groups (broad SMARTS) is 1. The van der Waals surface area contributed by atoms with Crippen LogP contribution in [0.5, 0.6) is 5.75 Å². The first-order valence-corrected chi connectivity index (χ1v) is 9.32. The summed E-state index contributed by atoms with van der Waals surface area (Å²) in [7, 11) is 0. The van der Waals surface area contributed by atoms with Crippen LogP contribution in [0.15, 0.2) is 60.7 Å². The minimum Gasteiger partial charge on any atom is -0.508 e. The standard InChI is InChI=1S/C20H18INO6/c1-12(7-10-17(24)25)18(15-11-14(21)8-9-16(15)23)28-20(27)22-19(26)13-5-3-2-4-6-13/h2-12,18,23H,1H3,(H,24,25)(H,22,26,27)/b10-7+/t12-,18+/m1/s1. The number of amides is 2. The molecule has 0 unspecified atom stereocenters. The van der Waals surface area contributed by atoms with Gasteiger partial charge in [0.25, 0.3) is 5.91 Å². The minimum absolute atomic E-state index is 0.108. The van der Waals surface area contributed by atoms with Crippen molar-refractivity contribution in [3.63, 3.8) is 0 Å². The summed E-state index contributed by atoms with van der Waals surface area (Å²) in [5.74, 6) is -2.48. The second-order valence-electron chi connectivity index (χ2n) is 5.91. The van der Waals surface area contributed by atoms with Crippen LogP contribution in [0.3, 0.4) is 0 Å². The Kier molecular flexibility index (Phi) is 7.56. The van der Waals surface area contributed by atoms with Crippen molar-refractivity contribution in [2.24, 2.45) is 5.92 Å². The van der Waals surface area contributed by atoms with Crippen molar-refractivity contribution in [3.05, 3.63) is 75.4 Å². The molecule has 146 valence electrons. The van der Waals surface area contributed by atoms with E-state index in [-0.39, 0.29) is 11.3 Å². The molecular formula is C20H18INO6. The van der Waals surface area contributed by atoms with E-state index in [1.54, 1.807) is 49.4 Å². The summed E-state index contributed by atoms with van der Waals surface area (Å²) in [5.41, 5.74) is 0.587. The number of halogens is 1. The predicted molar refractivity (Wildman–Crippen MR) is 110 cm³/mol. The number of aliphatic carboxylic acids is 1. The van der Waals surface area contributed by atoms with Crippen molar-refractivity contribution in [2.75, 3.05) is 0 Å². The molecule has 0 spiro atoms. The van der Waals surface area contributed by atoms with Gasteiger partial charge in [-0.3, -0.25) is 10.1 Å². The van der Waals surface area contributed by atoms with Gasteiger partial charge in [-0.15, -0.1) is 0 Å². The van der Waals surface area contributed by atoms with Crippen molar-refractivity contribution in [1.82, 2.24) is 5.32 Å². The fourth-order valence-corrected chi connectivity index (χ4v) is 2.96. The largest absolute Gasteiger partial charge is 0.508 e. The third-order valence-electron chi connectivity index (χ3n) is 3.80. The highest BCUT2D eigenvalue weighted by molar-refractivity contribution is 14.1. The minimum atomic E-state index is -1.15. The van der Waals surface area contributed by atoms with Gasteiger partial charge < -0.3 is 14.9 Å². The van der Waals surface area contributed by atoms with E-state index in [0.717, 1.165) is 9.65 Å². The number of carbonyl (C=O) groups excluding carboxylic acids is 2. The maximum absolute atomic E-state index is 12.3. The number of ether oxygens (including phenoxy) is 1. The second-order valence-corrected chi connectivity index (χ2v) is 7.15. The zero-order valence-corrected chi connectivity index (χ0v) is 17.0. The number of hydrogen-bond acceptors (Lipinski definition) is 5. The number of phenols is 1. The van der Waals surface area contributed by atoms with Crippen LogP contribution >= 0.6 is 22.6 Å². The molecule has 0 saturated heterocycles. The van der Waals surface area contributed by atoms with Gasteiger partial charge in [0.1, 0.15) is 11.9 Å². The van der Waals surface area contributed by atoms with Crippen LogP contribution in [0, 0.1) is 9.49 Å². The third kappa shape index (κ3) is 6.08. The number of alkyl carbamates (subject to hydrolysis) is 1. The van der Waals surface area contributed by atoms with Crippen molar-refractivity contribution in [1.29, 1.82) is 0 Å². The van der Waals surface area contributed by atoms with E-state index >= 15 is 0 Å². The Bertz CT molecular complexity index is 897. The number of hydrogen-bond donors (Lipinski definition) is 3. The molecule has 7 nitrogen and oxygen atoms in total. The summed E-state index contributed by atoms with van der Waals surface area (Å²) < 4.78 is 6.17. The Morgan fingerprint density at radius 1 is 1.14 bits per heavy atom. The molecule has 0 aliphatic heterocycles. The average molecular weight is 495 g/mol. The van der Waals surface area contributed by atoms with Gasteiger partial charge >= 0.3 is 12.1 Å². The van der Waals surface area contributed by atoms with Crippen LogP contribution in [0.2, 0.25) is 0 Å². The van der Waals surface area contributed by atoms with Crippen LogP contribution in [0.1, 0.15) is 28.9 Å². The summed E-state index contributed by atoms with van der Waals surface area (Å²) in [5, 5.41) is 21.1. The quantitative estimate of drug-likeness (QED) is 0.414. The smallest absolute Gasteiger partial charge is 0.414 e. The van der Waals surface area contributed by atoms with Gasteiger partial charge in [0, 0.05) is 26.7 Å². The number of carboxylic acids is 1. The summed E-state index contributed by atoms with van der Waals surface area (Å²) in [6, 6.07) is 12.9. The Morgan fingerprint density at radius 2 is 1.82 bits per heavy atom. The lowest BCUT2D eigenvalue weighted by Gasteiger charge is -2.23. The zero-order valence-electron chi connectivity index (χ0n) is 14.8. The third-order valence-corrected chi connectivity index (χ3v) is 4.47. The lowest BCUT2D eigenvalue weighted by molar-refractivity contribution is -0.131. The second kappa shape index (κ2) is 9.88. The van der Waals surface area contributed by atoms with Gasteiger partial charge in [0.05, 0.1) is 0 Å². The maximum atomic E-state index is 12.3.